The number of aliphatic hydroxyl groups is 4. The number of nitrogens with zero attached hydrogens (tertiary/aromatic N) is 1. The number of hydrogen-bond donors (Lipinski definition) is 6. The van der Waals surface area contributed by atoms with E-state index in [9.17, 15) is 44.4 Å². The molecule has 15 heteroatoms. The quantitative estimate of drug-likeness (QED) is 0.112. The molecule has 0 aliphatic carbocycles. The molecule has 2 aliphatic rings. The van der Waals surface area contributed by atoms with Crippen molar-refractivity contribution >= 4 is 35.3 Å². The molecule has 0 saturated carbocycles. The minimum Gasteiger partial charge on any atom is -0.462 e. The Morgan fingerprint density at radius 3 is 2.36 bits per heavy atom. The second kappa shape index (κ2) is 16.1. The fourth-order valence-corrected chi connectivity index (χ4v) is 4.78. The number of carbonyl (C=O) groups is 5. The van der Waals surface area contributed by atoms with Gasteiger partial charge in [0.15, 0.2) is 0 Å². The molecule has 250 valence electrons. The van der Waals surface area contributed by atoms with Crippen LogP contribution in [0.5, 0.6) is 5.75 Å². The van der Waals surface area contributed by atoms with Crippen LogP contribution in [0.25, 0.3) is 0 Å². The van der Waals surface area contributed by atoms with Crippen LogP contribution < -0.4 is 15.4 Å². The van der Waals surface area contributed by atoms with Crippen LogP contribution in [0.4, 0.5) is 5.69 Å². The summed E-state index contributed by atoms with van der Waals surface area (Å²) in [5.74, 6) is -2.69. The normalized spacial score (nSPS) is 25.1. The van der Waals surface area contributed by atoms with Crippen molar-refractivity contribution in [3.63, 3.8) is 0 Å². The van der Waals surface area contributed by atoms with E-state index >= 15 is 0 Å². The van der Waals surface area contributed by atoms with Gasteiger partial charge in [0.05, 0.1) is 18.2 Å². The van der Waals surface area contributed by atoms with E-state index in [1.165, 1.54) is 18.2 Å². The molecular weight excluding hydrogens is 594 g/mol. The first-order chi connectivity index (χ1) is 21.2. The number of esters is 1. The fourth-order valence-electron chi connectivity index (χ4n) is 4.78. The molecule has 0 spiro atoms. The highest BCUT2D eigenvalue weighted by molar-refractivity contribution is 6.03. The molecule has 2 heterocycles. The third-order valence-corrected chi connectivity index (χ3v) is 7.62. The Morgan fingerprint density at radius 2 is 1.73 bits per heavy atom. The van der Waals surface area contributed by atoms with Crippen molar-refractivity contribution in [2.75, 3.05) is 25.0 Å². The number of aliphatic hydroxyl groups excluding tert-OH is 4. The molecule has 1 aromatic rings. The highest BCUT2D eigenvalue weighted by atomic mass is 16.7. The third kappa shape index (κ3) is 9.43. The molecule has 3 rings (SSSR count). The molecule has 6 N–H and O–H groups in total. The van der Waals surface area contributed by atoms with Gasteiger partial charge < -0.3 is 45.3 Å². The molecule has 15 nitrogen and oxygen atoms in total. The number of carbonyl (C=O) groups excluding carboxylic acids is 5. The summed E-state index contributed by atoms with van der Waals surface area (Å²) >= 11 is 0. The van der Waals surface area contributed by atoms with E-state index in [1.54, 1.807) is 13.8 Å². The second-order valence-corrected chi connectivity index (χ2v) is 11.7. The van der Waals surface area contributed by atoms with E-state index in [4.69, 9.17) is 14.2 Å². The Kier molecular flexibility index (Phi) is 12.8. The molecule has 45 heavy (non-hydrogen) atoms. The minimum absolute atomic E-state index is 0.0153. The van der Waals surface area contributed by atoms with E-state index in [0.29, 0.717) is 5.56 Å². The van der Waals surface area contributed by atoms with Crippen molar-refractivity contribution in [3.05, 3.63) is 23.8 Å². The van der Waals surface area contributed by atoms with E-state index < -0.39 is 61.0 Å². The summed E-state index contributed by atoms with van der Waals surface area (Å²) in [7, 11) is 0. The highest BCUT2D eigenvalue weighted by Crippen LogP contribution is 2.29. The van der Waals surface area contributed by atoms with Gasteiger partial charge in [0.25, 0.3) is 0 Å². The van der Waals surface area contributed by atoms with Crippen LogP contribution in [-0.2, 0) is 40.1 Å². The lowest BCUT2D eigenvalue weighted by Crippen LogP contribution is -2.60. The summed E-state index contributed by atoms with van der Waals surface area (Å²) in [6.07, 6.45) is -7.66. The zero-order valence-electron chi connectivity index (χ0n) is 25.8. The standard InChI is InChI=1S/C30H43N3O12/c1-15(2)19-12-24(37)33(28(19)41)10-8-22(35)31-9-7-23(36)32-20-11-18(6-5-17(20)14-43-29(42)16(3)4)44-30-27(40)26(39)25(38)21(13-34)45-30/h5-6,11,15-16,19,21,25-27,30,34,38-40H,7-10,12-14H2,1-4H3,(H,31,35)(H,32,36). The maximum atomic E-state index is 12.8. The molecule has 6 unspecified atom stereocenters. The summed E-state index contributed by atoms with van der Waals surface area (Å²) in [4.78, 5) is 62.9. The van der Waals surface area contributed by atoms with Gasteiger partial charge in [-0.25, -0.2) is 0 Å². The number of ether oxygens (including phenoxy) is 3. The molecule has 6 atom stereocenters. The van der Waals surface area contributed by atoms with Crippen molar-refractivity contribution < 1.29 is 58.6 Å². The van der Waals surface area contributed by atoms with Gasteiger partial charge in [-0.15, -0.1) is 0 Å². The third-order valence-electron chi connectivity index (χ3n) is 7.62. The van der Waals surface area contributed by atoms with Crippen LogP contribution in [0.2, 0.25) is 0 Å². The number of imide groups is 1. The first kappa shape index (κ1) is 35.8. The number of nitrogens with one attached hydrogen (secondary N) is 2. The Hall–Kier alpha value is -3.63. The average molecular weight is 638 g/mol. The predicted molar refractivity (Wildman–Crippen MR) is 156 cm³/mol. The molecule has 2 fully saturated rings. The first-order valence-electron chi connectivity index (χ1n) is 14.9. The average Bonchev–Trinajstić information content (AvgIpc) is 3.28. The van der Waals surface area contributed by atoms with E-state index in [-0.39, 0.29) is 74.0 Å². The monoisotopic (exact) mass is 637 g/mol. The molecular formula is C30H43N3O12. The lowest BCUT2D eigenvalue weighted by Gasteiger charge is -2.39. The van der Waals surface area contributed by atoms with E-state index in [0.717, 1.165) is 4.90 Å². The number of benzene rings is 1. The smallest absolute Gasteiger partial charge is 0.308 e. The zero-order chi connectivity index (χ0) is 33.4. The highest BCUT2D eigenvalue weighted by Gasteiger charge is 2.45. The van der Waals surface area contributed by atoms with Gasteiger partial charge in [0, 0.05) is 49.9 Å². The maximum Gasteiger partial charge on any atom is 0.308 e. The predicted octanol–water partition coefficient (Wildman–Crippen LogP) is -0.569. The van der Waals surface area contributed by atoms with Gasteiger partial charge in [-0.3, -0.25) is 28.9 Å². The summed E-state index contributed by atoms with van der Waals surface area (Å²) < 4.78 is 16.3. The lowest BCUT2D eigenvalue weighted by molar-refractivity contribution is -0.277. The van der Waals surface area contributed by atoms with Gasteiger partial charge in [-0.05, 0) is 18.1 Å². The van der Waals surface area contributed by atoms with Crippen molar-refractivity contribution in [3.8, 4) is 5.75 Å². The van der Waals surface area contributed by atoms with Crippen LogP contribution in [0.15, 0.2) is 18.2 Å². The molecule has 2 saturated heterocycles. The first-order valence-corrected chi connectivity index (χ1v) is 14.9. The van der Waals surface area contributed by atoms with Crippen LogP contribution >= 0.6 is 0 Å². The summed E-state index contributed by atoms with van der Waals surface area (Å²) in [6, 6.07) is 4.34. The number of rotatable bonds is 14. The Bertz CT molecular complexity index is 1240. The SMILES string of the molecule is CC(C)C(=O)OCc1ccc(OC2OC(CO)C(O)C(O)C2O)cc1NC(=O)CCNC(=O)CCN1C(=O)CC(C(C)C)C1=O. The van der Waals surface area contributed by atoms with E-state index in [2.05, 4.69) is 10.6 Å². The van der Waals surface area contributed by atoms with Crippen LogP contribution in [-0.4, -0.2) is 105 Å². The largest absolute Gasteiger partial charge is 0.462 e. The van der Waals surface area contributed by atoms with Crippen LogP contribution in [0, 0.1) is 17.8 Å². The topological polar surface area (TPSA) is 221 Å². The summed E-state index contributed by atoms with van der Waals surface area (Å²) in [5, 5.41) is 45.1. The van der Waals surface area contributed by atoms with Crippen LogP contribution in [0.3, 0.4) is 0 Å². The zero-order valence-corrected chi connectivity index (χ0v) is 25.8. The Balaban J connectivity index is 1.60. The fraction of sp³-hybridized carbons (Fsp3) is 0.633. The molecule has 1 aromatic carbocycles. The van der Waals surface area contributed by atoms with Crippen LogP contribution in [0.1, 0.15) is 52.5 Å². The van der Waals surface area contributed by atoms with Crippen molar-refractivity contribution in [1.29, 1.82) is 0 Å². The van der Waals surface area contributed by atoms with Gasteiger partial charge in [0.1, 0.15) is 36.8 Å². The molecule has 4 amide bonds. The van der Waals surface area contributed by atoms with E-state index in [1.807, 2.05) is 13.8 Å². The summed E-state index contributed by atoms with van der Waals surface area (Å²) in [6.45, 7) is 6.15. The van der Waals surface area contributed by atoms with Gasteiger partial charge in [-0.2, -0.15) is 0 Å². The van der Waals surface area contributed by atoms with Crippen molar-refractivity contribution in [1.82, 2.24) is 10.2 Å². The summed E-state index contributed by atoms with van der Waals surface area (Å²) in [5.41, 5.74) is 0.595. The lowest BCUT2D eigenvalue weighted by atomic mass is 9.94. The number of amides is 4. The van der Waals surface area contributed by atoms with Crippen molar-refractivity contribution in [2.24, 2.45) is 17.8 Å². The molecule has 2 aliphatic heterocycles. The Labute approximate surface area is 260 Å². The molecule has 0 radical (unpaired) electrons. The number of hydrogen-bond acceptors (Lipinski definition) is 12. The van der Waals surface area contributed by atoms with Gasteiger partial charge in [0.2, 0.25) is 29.9 Å². The molecule has 0 bridgehead atoms. The maximum absolute atomic E-state index is 12.8. The number of likely N-dealkylation sites (tertiary alicyclic amines) is 1. The minimum atomic E-state index is -1.66. The van der Waals surface area contributed by atoms with Gasteiger partial charge >= 0.3 is 5.97 Å². The van der Waals surface area contributed by atoms with Crippen molar-refractivity contribution in [2.45, 2.75) is 84.3 Å². The number of anilines is 1. The van der Waals surface area contributed by atoms with Gasteiger partial charge in [-0.1, -0.05) is 27.7 Å². The second-order valence-electron chi connectivity index (χ2n) is 11.7. The molecule has 0 aromatic heterocycles. The Morgan fingerprint density at radius 1 is 1.02 bits per heavy atom.